The minimum atomic E-state index is -4.98. The minimum Gasteiger partial charge on any atom is -0.462 e. The lowest BCUT2D eigenvalue weighted by atomic mass is 10.1. The van der Waals surface area contributed by atoms with Gasteiger partial charge < -0.3 is 33.8 Å². The van der Waals surface area contributed by atoms with E-state index in [0.717, 1.165) is 161 Å². The highest BCUT2D eigenvalue weighted by Gasteiger charge is 2.30. The molecular weight excluding hydrogens is 1260 g/mol. The molecule has 3 N–H and O–H groups in total. The van der Waals surface area contributed by atoms with E-state index >= 15 is 0 Å². The first kappa shape index (κ1) is 92.5. The lowest BCUT2D eigenvalue weighted by Crippen LogP contribution is -2.30. The van der Waals surface area contributed by atoms with Crippen LogP contribution in [-0.2, 0) is 65.4 Å². The number of aliphatic hydroxyl groups excluding tert-OH is 1. The summed E-state index contributed by atoms with van der Waals surface area (Å²) in [5, 5.41) is 10.6. The Bertz CT molecular complexity index is 2110. The molecule has 0 aromatic carbocycles. The number of esters is 4. The second-order valence-electron chi connectivity index (χ2n) is 25.6. The summed E-state index contributed by atoms with van der Waals surface area (Å²) in [5.74, 6) is -2.21. The number of phosphoric acid groups is 2. The molecule has 0 bridgehead atoms. The Kier molecular flexibility index (Phi) is 67.4. The van der Waals surface area contributed by atoms with Gasteiger partial charge in [-0.25, -0.2) is 9.13 Å². The maximum absolute atomic E-state index is 13.1. The average molecular weight is 1400 g/mol. The summed E-state index contributed by atoms with van der Waals surface area (Å²) in [4.78, 5) is 72.8. The highest BCUT2D eigenvalue weighted by molar-refractivity contribution is 7.47. The van der Waals surface area contributed by atoms with E-state index in [1.54, 1.807) is 0 Å². The second kappa shape index (κ2) is 70.0. The monoisotopic (exact) mass is 1400 g/mol. The fraction of sp³-hybridized carbons (Fsp3) is 0.792. The maximum atomic E-state index is 13.1. The van der Waals surface area contributed by atoms with Crippen LogP contribution in [0.2, 0.25) is 0 Å². The third kappa shape index (κ3) is 69.0. The molecule has 19 heteroatoms. The van der Waals surface area contributed by atoms with Crippen molar-refractivity contribution < 1.29 is 80.2 Å². The summed E-state index contributed by atoms with van der Waals surface area (Å²) in [7, 11) is -9.95. The minimum absolute atomic E-state index is 0.0774. The van der Waals surface area contributed by atoms with Gasteiger partial charge in [0.1, 0.15) is 19.3 Å². The van der Waals surface area contributed by atoms with E-state index in [1.807, 2.05) is 0 Å². The molecule has 0 amide bonds. The fourth-order valence-electron chi connectivity index (χ4n) is 10.2. The van der Waals surface area contributed by atoms with Crippen molar-refractivity contribution in [2.24, 2.45) is 0 Å². The van der Waals surface area contributed by atoms with Gasteiger partial charge >= 0.3 is 39.5 Å². The molecule has 558 valence electrons. The van der Waals surface area contributed by atoms with Crippen LogP contribution in [0.25, 0.3) is 0 Å². The molecule has 0 saturated heterocycles. The second-order valence-corrected chi connectivity index (χ2v) is 28.5. The maximum Gasteiger partial charge on any atom is 0.472 e. The predicted molar refractivity (Wildman–Crippen MR) is 390 cm³/mol. The molecule has 0 spiro atoms. The Morgan fingerprint density at radius 2 is 0.542 bits per heavy atom. The van der Waals surface area contributed by atoms with Crippen molar-refractivity contribution in [3.8, 4) is 0 Å². The van der Waals surface area contributed by atoms with Gasteiger partial charge in [0.2, 0.25) is 0 Å². The van der Waals surface area contributed by atoms with E-state index < -0.39 is 97.5 Å². The Morgan fingerprint density at radius 1 is 0.302 bits per heavy atom. The van der Waals surface area contributed by atoms with Crippen LogP contribution in [0.4, 0.5) is 0 Å². The number of carbonyl (C=O) groups excluding carboxylic acids is 4. The van der Waals surface area contributed by atoms with Crippen LogP contribution in [-0.4, -0.2) is 96.7 Å². The first-order valence-electron chi connectivity index (χ1n) is 38.2. The van der Waals surface area contributed by atoms with E-state index in [0.29, 0.717) is 25.7 Å². The van der Waals surface area contributed by atoms with Gasteiger partial charge in [-0.3, -0.25) is 37.3 Å². The normalized spacial score (nSPS) is 14.4. The molecule has 0 aromatic rings. The molecule has 0 fully saturated rings. The molecule has 0 aliphatic carbocycles. The molecule has 0 saturated carbocycles. The molecule has 0 radical (unpaired) electrons. The number of carbonyl (C=O) groups is 4. The molecule has 0 heterocycles. The third-order valence-electron chi connectivity index (χ3n) is 16.1. The van der Waals surface area contributed by atoms with Crippen LogP contribution in [0, 0.1) is 0 Å². The zero-order valence-corrected chi connectivity index (χ0v) is 62.6. The zero-order valence-electron chi connectivity index (χ0n) is 60.8. The van der Waals surface area contributed by atoms with Crippen molar-refractivity contribution in [2.45, 2.75) is 354 Å². The summed E-state index contributed by atoms with van der Waals surface area (Å²) in [6.07, 6.45) is 68.8. The van der Waals surface area contributed by atoms with Crippen LogP contribution in [0.3, 0.4) is 0 Å². The molecule has 96 heavy (non-hydrogen) atoms. The van der Waals surface area contributed by atoms with E-state index in [2.05, 4.69) is 101 Å². The van der Waals surface area contributed by atoms with Crippen molar-refractivity contribution in [1.82, 2.24) is 0 Å². The van der Waals surface area contributed by atoms with Crippen LogP contribution in [0.5, 0.6) is 0 Å². The van der Waals surface area contributed by atoms with Crippen LogP contribution in [0.1, 0.15) is 336 Å². The number of unbranched alkanes of at least 4 members (excludes halogenated alkanes) is 35. The highest BCUT2D eigenvalue weighted by Crippen LogP contribution is 2.45. The van der Waals surface area contributed by atoms with Gasteiger partial charge in [0.05, 0.1) is 26.4 Å². The van der Waals surface area contributed by atoms with E-state index in [1.165, 1.54) is 96.3 Å². The van der Waals surface area contributed by atoms with Gasteiger partial charge in [-0.15, -0.1) is 0 Å². The number of aliphatic hydroxyl groups is 1. The summed E-state index contributed by atoms with van der Waals surface area (Å²) >= 11 is 0. The average Bonchev–Trinajstić information content (AvgIpc) is 1.43. The largest absolute Gasteiger partial charge is 0.472 e. The number of hydrogen-bond donors (Lipinski definition) is 3. The Hall–Kier alpha value is -3.50. The van der Waals surface area contributed by atoms with Gasteiger partial charge in [0.15, 0.2) is 12.2 Å². The molecule has 0 aliphatic rings. The smallest absolute Gasteiger partial charge is 0.462 e. The van der Waals surface area contributed by atoms with Gasteiger partial charge in [-0.05, 0) is 135 Å². The van der Waals surface area contributed by atoms with Gasteiger partial charge in [-0.1, -0.05) is 248 Å². The van der Waals surface area contributed by atoms with Gasteiger partial charge in [0, 0.05) is 25.7 Å². The van der Waals surface area contributed by atoms with E-state index in [9.17, 15) is 43.2 Å². The number of rotatable bonds is 72. The van der Waals surface area contributed by atoms with Gasteiger partial charge in [-0.2, -0.15) is 0 Å². The summed E-state index contributed by atoms with van der Waals surface area (Å²) in [6, 6.07) is 0. The molecule has 0 aliphatic heterocycles. The van der Waals surface area contributed by atoms with E-state index in [-0.39, 0.29) is 25.7 Å². The number of hydrogen-bond acceptors (Lipinski definition) is 15. The molecule has 2 unspecified atom stereocenters. The van der Waals surface area contributed by atoms with Crippen LogP contribution >= 0.6 is 15.6 Å². The Labute approximate surface area is 583 Å². The lowest BCUT2D eigenvalue weighted by Gasteiger charge is -2.21. The van der Waals surface area contributed by atoms with Crippen LogP contribution < -0.4 is 0 Å². The zero-order chi connectivity index (χ0) is 70.4. The Balaban J connectivity index is 5.36. The molecule has 0 aromatic heterocycles. The quantitative estimate of drug-likeness (QED) is 0.0128. The number of phosphoric ester groups is 2. The van der Waals surface area contributed by atoms with Crippen molar-refractivity contribution in [3.05, 3.63) is 72.9 Å². The van der Waals surface area contributed by atoms with Crippen molar-refractivity contribution >= 4 is 39.5 Å². The number of ether oxygens (including phenoxy) is 4. The molecule has 0 rings (SSSR count). The lowest BCUT2D eigenvalue weighted by molar-refractivity contribution is -0.161. The van der Waals surface area contributed by atoms with E-state index in [4.69, 9.17) is 37.0 Å². The number of allylic oxidation sites excluding steroid dienone is 12. The highest BCUT2D eigenvalue weighted by atomic mass is 31.2. The molecule has 5 atom stereocenters. The van der Waals surface area contributed by atoms with Crippen LogP contribution in [0.15, 0.2) is 72.9 Å². The molecule has 17 nitrogen and oxygen atoms in total. The fourth-order valence-corrected chi connectivity index (χ4v) is 11.8. The third-order valence-corrected chi connectivity index (χ3v) is 18.0. The summed E-state index contributed by atoms with van der Waals surface area (Å²) in [6.45, 7) is 4.78. The summed E-state index contributed by atoms with van der Waals surface area (Å²) < 4.78 is 68.4. The Morgan fingerprint density at radius 3 is 0.865 bits per heavy atom. The molecular formula is C77H138O17P2. The first-order chi connectivity index (χ1) is 46.7. The summed E-state index contributed by atoms with van der Waals surface area (Å²) in [5.41, 5.74) is 0. The van der Waals surface area contributed by atoms with Crippen molar-refractivity contribution in [2.75, 3.05) is 39.6 Å². The standard InChI is InChI=1S/C77H138O17P2/c1-5-9-13-17-21-25-29-33-35-39-42-46-50-54-58-62-75(80)88-68-73(94-77(82)64-60-56-52-48-44-40-36-34-30-26-22-18-14-10-6-2)70-92-96(85,86)90-66-71(78)65-89-95(83,84)91-69-72(93-76(81)63-59-55-51-47-43-38-32-28-24-20-16-12-8-4)67-87-74(79)61-57-53-49-45-41-37-31-27-23-19-15-11-7-3/h22,25-29,31-36,71-73,78H,5-21,23-24,30,37-70H2,1-4H3,(H,83,84)(H,85,86)/b26-22-,29-25-,31-27-,32-28-,35-33-,36-34-/t71-,72+,73+/m0/s1. The first-order valence-corrected chi connectivity index (χ1v) is 41.2. The van der Waals surface area contributed by atoms with Crippen molar-refractivity contribution in [3.63, 3.8) is 0 Å². The van der Waals surface area contributed by atoms with Gasteiger partial charge in [0.25, 0.3) is 0 Å². The predicted octanol–water partition coefficient (Wildman–Crippen LogP) is 21.7. The topological polar surface area (TPSA) is 237 Å². The van der Waals surface area contributed by atoms with Crippen molar-refractivity contribution in [1.29, 1.82) is 0 Å². The SMILES string of the molecule is CCCCC/C=C\C/C=C\CCCCCCCC(=O)O[C@H](COC(=O)CCCCCCC/C=C\C=C/CCCCCC)COP(=O)(O)OC[C@@H](O)COP(=O)(O)OC[C@@H](COC(=O)CCCCCCC/C=C\CCCCCC)OC(=O)CCCCCCC/C=C\CCCCCC.